The lowest BCUT2D eigenvalue weighted by molar-refractivity contribution is 0.0343. The maximum atomic E-state index is 12.3. The molecule has 5 rings (SSSR count). The molecule has 146 valence electrons. The van der Waals surface area contributed by atoms with Crippen molar-refractivity contribution in [1.82, 2.24) is 0 Å². The van der Waals surface area contributed by atoms with Crippen molar-refractivity contribution in [3.05, 3.63) is 76.1 Å². The molecule has 2 aromatic heterocycles. The number of furan rings is 2. The second kappa shape index (κ2) is 5.41. The summed E-state index contributed by atoms with van der Waals surface area (Å²) in [6.07, 6.45) is 0. The van der Waals surface area contributed by atoms with E-state index >= 15 is 0 Å². The minimum absolute atomic E-state index is 0.597. The van der Waals surface area contributed by atoms with Gasteiger partial charge in [-0.1, -0.05) is 0 Å². The molecule has 12 nitrogen and oxygen atoms in total. The van der Waals surface area contributed by atoms with Crippen molar-refractivity contribution in [3.8, 4) is 0 Å². The van der Waals surface area contributed by atoms with Crippen LogP contribution in [0.3, 0.4) is 0 Å². The molecular formula is C18H2O12. The third-order valence-corrected chi connectivity index (χ3v) is 4.59. The molecule has 30 heavy (non-hydrogen) atoms. The van der Waals surface area contributed by atoms with Gasteiger partial charge < -0.3 is 18.3 Å². The van der Waals surface area contributed by atoms with Crippen molar-refractivity contribution in [3.63, 3.8) is 0 Å². The number of hydrogen-bond donors (Lipinski definition) is 0. The first-order valence-electron chi connectivity index (χ1n) is 7.92. The number of fused-ring (bicyclic) bond motifs is 10. The third kappa shape index (κ3) is 2.03. The van der Waals surface area contributed by atoms with Crippen molar-refractivity contribution in [2.24, 2.45) is 0 Å². The second-order valence-electron chi connectivity index (χ2n) is 6.15. The second-order valence-corrected chi connectivity index (χ2v) is 6.15. The lowest BCUT2D eigenvalue weighted by Crippen LogP contribution is -2.25. The number of cyclic esters (lactones) is 4. The standard InChI is InChI=1S/C18H2O12/c19-11-3-1-5(13(21)27-11)7-9(17(25)29-15(7)23)10-8(16(24)30-18(10)26)6-2-4(3)12(20)28-14(6)22/h1-2H. The first-order chi connectivity index (χ1) is 14.2. The lowest BCUT2D eigenvalue weighted by atomic mass is 9.97. The first-order valence-corrected chi connectivity index (χ1v) is 7.92. The van der Waals surface area contributed by atoms with Gasteiger partial charge in [-0.15, -0.1) is 0 Å². The van der Waals surface area contributed by atoms with Gasteiger partial charge in [-0.05, 0) is 12.1 Å². The Bertz CT molecular complexity index is 1560. The van der Waals surface area contributed by atoms with Crippen LogP contribution in [0.4, 0.5) is 0 Å². The van der Waals surface area contributed by atoms with Crippen LogP contribution in [0.25, 0.3) is 21.5 Å². The molecular weight excluding hydrogens is 408 g/mol. The average Bonchev–Trinajstić information content (AvgIpc) is 3.10. The van der Waals surface area contributed by atoms with Gasteiger partial charge in [-0.2, -0.15) is 0 Å². The van der Waals surface area contributed by atoms with Gasteiger partial charge in [0, 0.05) is 0 Å². The molecule has 0 N–H and O–H groups in total. The topological polar surface area (TPSA) is 181 Å². The van der Waals surface area contributed by atoms with Gasteiger partial charge in [0.1, 0.15) is 0 Å². The molecule has 0 unspecified atom stereocenters. The van der Waals surface area contributed by atoms with Crippen LogP contribution in [0.5, 0.6) is 0 Å². The molecule has 3 aromatic rings. The quantitative estimate of drug-likeness (QED) is 0.334. The minimum Gasteiger partial charge on any atom is -0.386 e. The predicted molar refractivity (Wildman–Crippen MR) is 90.6 cm³/mol. The number of rotatable bonds is 0. The van der Waals surface area contributed by atoms with Gasteiger partial charge in [-0.3, -0.25) is 0 Å². The van der Waals surface area contributed by atoms with E-state index in [0.29, 0.717) is 0 Å². The number of ether oxygens (including phenoxy) is 2. The van der Waals surface area contributed by atoms with Gasteiger partial charge in [0.15, 0.2) is 0 Å². The summed E-state index contributed by atoms with van der Waals surface area (Å²) in [4.78, 5) is 98.0. The summed E-state index contributed by atoms with van der Waals surface area (Å²) in [5, 5.41) is -3.26. The molecule has 0 saturated carbocycles. The Morgan fingerprint density at radius 1 is 0.400 bits per heavy atom. The van der Waals surface area contributed by atoms with Crippen LogP contribution in [-0.4, -0.2) is 23.9 Å². The summed E-state index contributed by atoms with van der Waals surface area (Å²) in [5.74, 6) is -5.40. The summed E-state index contributed by atoms with van der Waals surface area (Å²) in [7, 11) is 0. The summed E-state index contributed by atoms with van der Waals surface area (Å²) in [5.41, 5.74) is -8.17. The Labute approximate surface area is 159 Å². The molecule has 0 atom stereocenters. The molecule has 0 spiro atoms. The van der Waals surface area contributed by atoms with Gasteiger partial charge in [0.05, 0.1) is 43.8 Å². The van der Waals surface area contributed by atoms with E-state index in [2.05, 4.69) is 18.3 Å². The van der Waals surface area contributed by atoms with Crippen LogP contribution >= 0.6 is 0 Å². The highest BCUT2D eigenvalue weighted by Crippen LogP contribution is 2.28. The number of carbonyl (C=O) groups is 4. The van der Waals surface area contributed by atoms with Crippen LogP contribution < -0.4 is 22.5 Å². The van der Waals surface area contributed by atoms with Crippen molar-refractivity contribution in [2.75, 3.05) is 0 Å². The van der Waals surface area contributed by atoms with E-state index in [4.69, 9.17) is 0 Å². The summed E-state index contributed by atoms with van der Waals surface area (Å²) >= 11 is 0. The number of hydrogen-bond acceptors (Lipinski definition) is 12. The fourth-order valence-corrected chi connectivity index (χ4v) is 3.36. The van der Waals surface area contributed by atoms with Crippen LogP contribution in [0, 0.1) is 0 Å². The zero-order valence-corrected chi connectivity index (χ0v) is 14.1. The predicted octanol–water partition coefficient (Wildman–Crippen LogP) is -0.759. The largest absolute Gasteiger partial charge is 0.386 e. The molecule has 4 heterocycles. The minimum atomic E-state index is -1.41. The van der Waals surface area contributed by atoms with Crippen LogP contribution in [-0.2, 0) is 9.47 Å². The van der Waals surface area contributed by atoms with E-state index in [0.717, 1.165) is 12.1 Å². The van der Waals surface area contributed by atoms with Crippen LogP contribution in [0.2, 0.25) is 0 Å². The van der Waals surface area contributed by atoms with E-state index < -0.39 is 90.2 Å². The fraction of sp³-hybridized carbons (Fsp3) is 0. The highest BCUT2D eigenvalue weighted by Gasteiger charge is 2.35. The molecule has 2 aliphatic heterocycles. The Balaban J connectivity index is 2.31. The first kappa shape index (κ1) is 17.4. The number of esters is 4. The highest BCUT2D eigenvalue weighted by molar-refractivity contribution is 6.22. The molecule has 0 saturated heterocycles. The lowest BCUT2D eigenvalue weighted by Gasteiger charge is -2.15. The molecule has 1 aromatic carbocycles. The molecule has 4 bridgehead atoms. The van der Waals surface area contributed by atoms with Crippen molar-refractivity contribution < 1.29 is 37.5 Å². The van der Waals surface area contributed by atoms with Crippen molar-refractivity contribution >= 4 is 45.4 Å². The maximum absolute atomic E-state index is 12.3. The van der Waals surface area contributed by atoms with E-state index in [9.17, 15) is 38.4 Å². The highest BCUT2D eigenvalue weighted by atomic mass is 16.6. The molecule has 0 aliphatic carbocycles. The van der Waals surface area contributed by atoms with E-state index in [-0.39, 0.29) is 0 Å². The van der Waals surface area contributed by atoms with Gasteiger partial charge in [0.25, 0.3) is 0 Å². The smallest absolute Gasteiger partial charge is 0.347 e. The fourth-order valence-electron chi connectivity index (χ4n) is 3.36. The van der Waals surface area contributed by atoms with Crippen LogP contribution in [0.15, 0.2) is 40.1 Å². The molecule has 12 heteroatoms. The molecule has 0 fully saturated rings. The Morgan fingerprint density at radius 2 is 0.700 bits per heavy atom. The van der Waals surface area contributed by atoms with E-state index in [1.165, 1.54) is 0 Å². The summed E-state index contributed by atoms with van der Waals surface area (Å²) in [6.45, 7) is 0. The van der Waals surface area contributed by atoms with Crippen LogP contribution in [0.1, 0.15) is 41.4 Å². The monoisotopic (exact) mass is 410 g/mol. The van der Waals surface area contributed by atoms with Crippen molar-refractivity contribution in [2.45, 2.75) is 0 Å². The van der Waals surface area contributed by atoms with E-state index in [1.807, 2.05) is 0 Å². The Morgan fingerprint density at radius 3 is 1.07 bits per heavy atom. The van der Waals surface area contributed by atoms with Gasteiger partial charge in [0.2, 0.25) is 0 Å². The third-order valence-electron chi connectivity index (χ3n) is 4.59. The summed E-state index contributed by atoms with van der Waals surface area (Å²) in [6, 6.07) is 1.52. The van der Waals surface area contributed by atoms with Gasteiger partial charge in [-0.25, -0.2) is 38.4 Å². The maximum Gasteiger partial charge on any atom is 0.347 e. The molecule has 2 aliphatic rings. The average molecular weight is 410 g/mol. The Kier molecular flexibility index (Phi) is 3.13. The SMILES string of the molecule is O=C1OC(=O)c2cc1c1cc(c3c(=O)oc(=O)c3c3c(=O)oc(=O)c23)C(=O)OC1=O. The molecule has 0 radical (unpaired) electrons. The van der Waals surface area contributed by atoms with Gasteiger partial charge >= 0.3 is 46.4 Å². The zero-order valence-electron chi connectivity index (χ0n) is 14.1. The zero-order chi connectivity index (χ0) is 21.5. The van der Waals surface area contributed by atoms with Crippen molar-refractivity contribution in [1.29, 1.82) is 0 Å². The normalized spacial score (nSPS) is 14.7. The van der Waals surface area contributed by atoms with E-state index in [1.54, 1.807) is 0 Å². The Hall–Kier alpha value is -4.74. The number of carbonyl (C=O) groups excluding carboxylic acids is 4. The molecule has 0 amide bonds. The summed E-state index contributed by atoms with van der Waals surface area (Å²) < 4.78 is 18.0.